The number of benzene rings is 2. The zero-order valence-corrected chi connectivity index (χ0v) is 14.1. The molecule has 2 aromatic rings. The molecule has 0 saturated carbocycles. The number of hydrogen-bond donors (Lipinski definition) is 1. The van der Waals surface area contributed by atoms with Crippen LogP contribution in [0.1, 0.15) is 37.8 Å². The molecule has 2 aromatic carbocycles. The Kier molecular flexibility index (Phi) is 6.21. The molecule has 1 unspecified atom stereocenters. The van der Waals surface area contributed by atoms with Gasteiger partial charge in [-0.3, -0.25) is 4.79 Å². The Morgan fingerprint density at radius 3 is 2.35 bits per heavy atom. The summed E-state index contributed by atoms with van der Waals surface area (Å²) < 4.78 is 5.67. The van der Waals surface area contributed by atoms with Gasteiger partial charge >= 0.3 is 0 Å². The topological polar surface area (TPSA) is 38.3 Å². The normalized spacial score (nSPS) is 11.8. The highest BCUT2D eigenvalue weighted by Crippen LogP contribution is 2.15. The fraction of sp³-hybridized carbons (Fsp3) is 0.350. The summed E-state index contributed by atoms with van der Waals surface area (Å²) in [6, 6.07) is 15.7. The highest BCUT2D eigenvalue weighted by Gasteiger charge is 2.14. The van der Waals surface area contributed by atoms with Gasteiger partial charge in [-0.15, -0.1) is 0 Å². The van der Waals surface area contributed by atoms with Crippen molar-refractivity contribution < 1.29 is 9.53 Å². The summed E-state index contributed by atoms with van der Waals surface area (Å²) in [5.41, 5.74) is 3.26. The Labute approximate surface area is 138 Å². The van der Waals surface area contributed by atoms with E-state index in [1.165, 1.54) is 18.4 Å². The summed E-state index contributed by atoms with van der Waals surface area (Å²) in [4.78, 5) is 12.2. The van der Waals surface area contributed by atoms with Crippen molar-refractivity contribution in [1.29, 1.82) is 0 Å². The van der Waals surface area contributed by atoms with Crippen LogP contribution in [-0.4, -0.2) is 12.0 Å². The molecule has 23 heavy (non-hydrogen) atoms. The molecule has 1 amide bonds. The second-order valence-corrected chi connectivity index (χ2v) is 5.86. The van der Waals surface area contributed by atoms with E-state index in [4.69, 9.17) is 4.74 Å². The maximum atomic E-state index is 12.2. The summed E-state index contributed by atoms with van der Waals surface area (Å²) in [7, 11) is 0. The molecule has 0 aromatic heterocycles. The van der Waals surface area contributed by atoms with E-state index in [1.807, 2.05) is 43.3 Å². The van der Waals surface area contributed by atoms with Crippen LogP contribution in [0.3, 0.4) is 0 Å². The number of amides is 1. The van der Waals surface area contributed by atoms with Crippen molar-refractivity contribution in [2.24, 2.45) is 0 Å². The van der Waals surface area contributed by atoms with Crippen LogP contribution in [0, 0.1) is 6.92 Å². The number of carbonyl (C=O) groups is 1. The van der Waals surface area contributed by atoms with Crippen LogP contribution < -0.4 is 10.1 Å². The molecule has 0 aliphatic carbocycles. The van der Waals surface area contributed by atoms with E-state index in [1.54, 1.807) is 6.92 Å². The Morgan fingerprint density at radius 1 is 1.09 bits per heavy atom. The van der Waals surface area contributed by atoms with Gasteiger partial charge in [0.25, 0.3) is 5.91 Å². The minimum Gasteiger partial charge on any atom is -0.481 e. The van der Waals surface area contributed by atoms with Gasteiger partial charge < -0.3 is 10.1 Å². The fourth-order valence-corrected chi connectivity index (χ4v) is 2.25. The molecule has 122 valence electrons. The van der Waals surface area contributed by atoms with Crippen LogP contribution >= 0.6 is 0 Å². The van der Waals surface area contributed by atoms with Crippen LogP contribution in [0.2, 0.25) is 0 Å². The molecular weight excluding hydrogens is 286 g/mol. The third-order valence-corrected chi connectivity index (χ3v) is 3.74. The fourth-order valence-electron chi connectivity index (χ4n) is 2.25. The van der Waals surface area contributed by atoms with E-state index in [9.17, 15) is 4.79 Å². The van der Waals surface area contributed by atoms with Crippen LogP contribution in [0.5, 0.6) is 5.75 Å². The molecule has 3 nitrogen and oxygen atoms in total. The lowest BCUT2D eigenvalue weighted by atomic mass is 10.1. The maximum Gasteiger partial charge on any atom is 0.265 e. The van der Waals surface area contributed by atoms with Gasteiger partial charge in [-0.1, -0.05) is 43.2 Å². The second-order valence-electron chi connectivity index (χ2n) is 5.86. The lowest BCUT2D eigenvalue weighted by Gasteiger charge is -2.15. The van der Waals surface area contributed by atoms with Crippen LogP contribution in [0.25, 0.3) is 0 Å². The van der Waals surface area contributed by atoms with Gasteiger partial charge in [0.2, 0.25) is 0 Å². The average Bonchev–Trinajstić information content (AvgIpc) is 2.56. The third kappa shape index (κ3) is 5.44. The third-order valence-electron chi connectivity index (χ3n) is 3.74. The van der Waals surface area contributed by atoms with Crippen molar-refractivity contribution in [3.05, 3.63) is 59.7 Å². The van der Waals surface area contributed by atoms with Gasteiger partial charge in [0.15, 0.2) is 6.10 Å². The largest absolute Gasteiger partial charge is 0.481 e. The smallest absolute Gasteiger partial charge is 0.265 e. The minimum atomic E-state index is -0.544. The van der Waals surface area contributed by atoms with Gasteiger partial charge in [0, 0.05) is 5.69 Å². The predicted octanol–water partition coefficient (Wildman–Crippen LogP) is 4.74. The molecule has 0 aliphatic rings. The zero-order valence-electron chi connectivity index (χ0n) is 14.1. The van der Waals surface area contributed by atoms with E-state index in [2.05, 4.69) is 24.4 Å². The Balaban J connectivity index is 1.88. The standard InChI is InChI=1S/C20H25NO2/c1-4-5-6-17-9-11-18(12-10-17)21-20(22)16(3)23-19-13-7-15(2)8-14-19/h7-14,16H,4-6H2,1-3H3,(H,21,22). The van der Waals surface area contributed by atoms with Crippen molar-refractivity contribution in [3.8, 4) is 5.75 Å². The van der Waals surface area contributed by atoms with Crippen molar-refractivity contribution in [2.45, 2.75) is 46.1 Å². The van der Waals surface area contributed by atoms with E-state index >= 15 is 0 Å². The summed E-state index contributed by atoms with van der Waals surface area (Å²) in [5.74, 6) is 0.556. The average molecular weight is 311 g/mol. The van der Waals surface area contributed by atoms with Crippen molar-refractivity contribution >= 4 is 11.6 Å². The number of anilines is 1. The van der Waals surface area contributed by atoms with E-state index in [-0.39, 0.29) is 5.91 Å². The number of unbranched alkanes of at least 4 members (excludes halogenated alkanes) is 1. The molecule has 0 aliphatic heterocycles. The van der Waals surface area contributed by atoms with Gasteiger partial charge in [-0.05, 0) is 56.5 Å². The number of aryl methyl sites for hydroxylation is 2. The zero-order chi connectivity index (χ0) is 16.7. The maximum absolute atomic E-state index is 12.2. The van der Waals surface area contributed by atoms with Gasteiger partial charge in [0.1, 0.15) is 5.75 Å². The number of hydrogen-bond acceptors (Lipinski definition) is 2. The van der Waals surface area contributed by atoms with Crippen LogP contribution in [-0.2, 0) is 11.2 Å². The molecule has 0 bridgehead atoms. The number of rotatable bonds is 7. The molecular formula is C20H25NO2. The van der Waals surface area contributed by atoms with Crippen LogP contribution in [0.4, 0.5) is 5.69 Å². The molecule has 2 rings (SSSR count). The first-order valence-electron chi connectivity index (χ1n) is 8.21. The van der Waals surface area contributed by atoms with Crippen molar-refractivity contribution in [3.63, 3.8) is 0 Å². The Morgan fingerprint density at radius 2 is 1.74 bits per heavy atom. The lowest BCUT2D eigenvalue weighted by molar-refractivity contribution is -0.122. The number of carbonyl (C=O) groups excluding carboxylic acids is 1. The summed E-state index contributed by atoms with van der Waals surface area (Å²) in [6.45, 7) is 5.96. The first-order chi connectivity index (χ1) is 11.1. The first-order valence-corrected chi connectivity index (χ1v) is 8.21. The van der Waals surface area contributed by atoms with Gasteiger partial charge in [0.05, 0.1) is 0 Å². The SMILES string of the molecule is CCCCc1ccc(NC(=O)C(C)Oc2ccc(C)cc2)cc1. The predicted molar refractivity (Wildman–Crippen MR) is 95.0 cm³/mol. The van der Waals surface area contributed by atoms with Gasteiger partial charge in [-0.2, -0.15) is 0 Å². The number of ether oxygens (including phenoxy) is 1. The second kappa shape index (κ2) is 8.37. The summed E-state index contributed by atoms with van der Waals surface area (Å²) >= 11 is 0. The molecule has 3 heteroatoms. The Hall–Kier alpha value is -2.29. The minimum absolute atomic E-state index is 0.146. The molecule has 0 radical (unpaired) electrons. The Bertz CT molecular complexity index is 617. The molecule has 1 atom stereocenters. The summed E-state index contributed by atoms with van der Waals surface area (Å²) in [6.07, 6.45) is 2.91. The van der Waals surface area contributed by atoms with E-state index < -0.39 is 6.10 Å². The molecule has 1 N–H and O–H groups in total. The first kappa shape index (κ1) is 17.1. The monoisotopic (exact) mass is 311 g/mol. The highest BCUT2D eigenvalue weighted by molar-refractivity contribution is 5.94. The van der Waals surface area contributed by atoms with Gasteiger partial charge in [-0.25, -0.2) is 0 Å². The van der Waals surface area contributed by atoms with E-state index in [0.717, 1.165) is 17.7 Å². The molecule has 0 spiro atoms. The van der Waals surface area contributed by atoms with Crippen molar-refractivity contribution in [1.82, 2.24) is 0 Å². The van der Waals surface area contributed by atoms with Crippen LogP contribution in [0.15, 0.2) is 48.5 Å². The molecule has 0 fully saturated rings. The van der Waals surface area contributed by atoms with E-state index in [0.29, 0.717) is 5.75 Å². The quantitative estimate of drug-likeness (QED) is 0.802. The highest BCUT2D eigenvalue weighted by atomic mass is 16.5. The number of nitrogens with one attached hydrogen (secondary N) is 1. The van der Waals surface area contributed by atoms with Crippen molar-refractivity contribution in [2.75, 3.05) is 5.32 Å². The molecule has 0 saturated heterocycles. The summed E-state index contributed by atoms with van der Waals surface area (Å²) in [5, 5.41) is 2.89. The lowest BCUT2D eigenvalue weighted by Crippen LogP contribution is -2.30. The molecule has 0 heterocycles.